The van der Waals surface area contributed by atoms with Gasteiger partial charge in [-0.2, -0.15) is 0 Å². The van der Waals surface area contributed by atoms with E-state index in [1.54, 1.807) is 36.4 Å². The number of carbonyl (C=O) groups is 4. The van der Waals surface area contributed by atoms with Gasteiger partial charge in [0.05, 0.1) is 13.7 Å². The van der Waals surface area contributed by atoms with Crippen LogP contribution in [0.5, 0.6) is 11.5 Å². The van der Waals surface area contributed by atoms with Crippen molar-refractivity contribution in [2.24, 2.45) is 0 Å². The minimum Gasteiger partial charge on any atom is -0.467 e. The molecule has 10 nitrogen and oxygen atoms in total. The van der Waals surface area contributed by atoms with Crippen molar-refractivity contribution in [3.8, 4) is 11.5 Å². The van der Waals surface area contributed by atoms with E-state index in [1.807, 2.05) is 18.2 Å². The van der Waals surface area contributed by atoms with E-state index < -0.39 is 24.1 Å². The molecule has 0 bridgehead atoms. The first-order valence-corrected chi connectivity index (χ1v) is 12.0. The van der Waals surface area contributed by atoms with E-state index in [4.69, 9.17) is 9.47 Å². The number of nitrogens with one attached hydrogen (secondary N) is 2. The molecule has 0 aliphatic carbocycles. The van der Waals surface area contributed by atoms with Crippen LogP contribution in [0.4, 0.5) is 0 Å². The summed E-state index contributed by atoms with van der Waals surface area (Å²) in [6.45, 7) is 2.69. The molecule has 37 heavy (non-hydrogen) atoms. The van der Waals surface area contributed by atoms with Crippen molar-refractivity contribution in [2.75, 3.05) is 13.7 Å². The highest BCUT2D eigenvalue weighted by Crippen LogP contribution is 2.22. The molecular weight excluding hydrogens is 480 g/mol. The number of benzene rings is 2. The number of carbonyl (C=O) groups excluding carboxylic acids is 4. The maximum atomic E-state index is 12.8. The van der Waals surface area contributed by atoms with Gasteiger partial charge in [0.15, 0.2) is 6.10 Å². The Balaban J connectivity index is 1.96. The quantitative estimate of drug-likeness (QED) is 0.327. The highest BCUT2D eigenvalue weighted by molar-refractivity contribution is 5.94. The zero-order valence-corrected chi connectivity index (χ0v) is 21.3. The summed E-state index contributed by atoms with van der Waals surface area (Å²) in [6, 6.07) is 15.5. The van der Waals surface area contributed by atoms with Crippen molar-refractivity contribution >= 4 is 23.8 Å². The number of esters is 2. The number of methoxy groups -OCH3 is 1. The molecule has 3 unspecified atom stereocenters. The van der Waals surface area contributed by atoms with Gasteiger partial charge in [-0.1, -0.05) is 24.3 Å². The molecule has 0 aliphatic heterocycles. The summed E-state index contributed by atoms with van der Waals surface area (Å²) in [7, 11) is 1.18. The normalized spacial score (nSPS) is 13.0. The molecule has 0 saturated heterocycles. The largest absolute Gasteiger partial charge is 0.467 e. The van der Waals surface area contributed by atoms with Crippen molar-refractivity contribution in [1.29, 1.82) is 0 Å². The lowest BCUT2D eigenvalue weighted by atomic mass is 10.0. The number of para-hydroxylation sites is 1. The number of aliphatic hydroxyl groups excluding tert-OH is 1. The van der Waals surface area contributed by atoms with E-state index in [9.17, 15) is 24.3 Å². The Morgan fingerprint density at radius 1 is 0.892 bits per heavy atom. The summed E-state index contributed by atoms with van der Waals surface area (Å²) in [4.78, 5) is 47.4. The number of hydrogen-bond acceptors (Lipinski definition) is 8. The van der Waals surface area contributed by atoms with Crippen molar-refractivity contribution in [3.63, 3.8) is 0 Å². The van der Waals surface area contributed by atoms with Crippen LogP contribution in [0, 0.1) is 0 Å². The van der Waals surface area contributed by atoms with Gasteiger partial charge < -0.3 is 30.0 Å². The molecule has 3 N–H and O–H groups in total. The SMILES string of the molecule is COC(=O)C(O)CCC(CCC(CNC(=O)c1cccc(Oc2ccccc2)c1)OC(C)=O)NC(C)=O. The highest BCUT2D eigenvalue weighted by atomic mass is 16.5. The molecule has 0 spiro atoms. The first-order valence-electron chi connectivity index (χ1n) is 12.0. The Bertz CT molecular complexity index is 1040. The van der Waals surface area contributed by atoms with Gasteiger partial charge in [0, 0.05) is 25.5 Å². The van der Waals surface area contributed by atoms with Crippen LogP contribution in [0.2, 0.25) is 0 Å². The Morgan fingerprint density at radius 3 is 2.22 bits per heavy atom. The van der Waals surface area contributed by atoms with Gasteiger partial charge >= 0.3 is 11.9 Å². The minimum absolute atomic E-state index is 0.0553. The van der Waals surface area contributed by atoms with Crippen LogP contribution in [-0.4, -0.2) is 60.8 Å². The molecule has 0 saturated carbocycles. The van der Waals surface area contributed by atoms with Crippen LogP contribution in [0.3, 0.4) is 0 Å². The number of hydrogen-bond donors (Lipinski definition) is 3. The third-order valence-corrected chi connectivity index (χ3v) is 5.40. The molecule has 2 aromatic rings. The molecule has 2 aromatic carbocycles. The van der Waals surface area contributed by atoms with E-state index in [0.29, 0.717) is 36.3 Å². The zero-order chi connectivity index (χ0) is 27.2. The molecule has 2 amide bonds. The van der Waals surface area contributed by atoms with Crippen LogP contribution >= 0.6 is 0 Å². The van der Waals surface area contributed by atoms with Crippen molar-refractivity contribution in [3.05, 3.63) is 60.2 Å². The van der Waals surface area contributed by atoms with E-state index in [-0.39, 0.29) is 30.8 Å². The summed E-state index contributed by atoms with van der Waals surface area (Å²) < 4.78 is 15.6. The average Bonchev–Trinajstić information content (AvgIpc) is 2.87. The van der Waals surface area contributed by atoms with Crippen molar-refractivity contribution in [2.45, 2.75) is 57.8 Å². The molecule has 0 radical (unpaired) electrons. The topological polar surface area (TPSA) is 140 Å². The van der Waals surface area contributed by atoms with Gasteiger partial charge in [0.2, 0.25) is 5.91 Å². The van der Waals surface area contributed by atoms with E-state index in [0.717, 1.165) is 0 Å². The second kappa shape index (κ2) is 15.2. The Labute approximate surface area is 216 Å². The third-order valence-electron chi connectivity index (χ3n) is 5.40. The molecule has 0 aliphatic rings. The molecule has 3 atom stereocenters. The van der Waals surface area contributed by atoms with Crippen molar-refractivity contribution in [1.82, 2.24) is 10.6 Å². The van der Waals surface area contributed by atoms with Crippen LogP contribution in [0.25, 0.3) is 0 Å². The van der Waals surface area contributed by atoms with Crippen LogP contribution in [0.15, 0.2) is 54.6 Å². The number of ether oxygens (including phenoxy) is 3. The van der Waals surface area contributed by atoms with E-state index in [1.165, 1.54) is 21.0 Å². The number of aliphatic hydroxyl groups is 1. The van der Waals surface area contributed by atoms with Gasteiger partial charge in [-0.05, 0) is 56.0 Å². The fourth-order valence-electron chi connectivity index (χ4n) is 3.65. The van der Waals surface area contributed by atoms with Gasteiger partial charge in [-0.25, -0.2) is 4.79 Å². The second-order valence-corrected chi connectivity index (χ2v) is 8.48. The van der Waals surface area contributed by atoms with E-state index in [2.05, 4.69) is 15.4 Å². The van der Waals surface area contributed by atoms with Crippen LogP contribution in [-0.2, 0) is 23.9 Å². The number of amides is 2. The van der Waals surface area contributed by atoms with Gasteiger partial charge in [-0.15, -0.1) is 0 Å². The van der Waals surface area contributed by atoms with Crippen LogP contribution < -0.4 is 15.4 Å². The second-order valence-electron chi connectivity index (χ2n) is 8.48. The summed E-state index contributed by atoms with van der Waals surface area (Å²) >= 11 is 0. The molecule has 0 fully saturated rings. The smallest absolute Gasteiger partial charge is 0.334 e. The Morgan fingerprint density at radius 2 is 1.57 bits per heavy atom. The zero-order valence-electron chi connectivity index (χ0n) is 21.3. The average molecular weight is 515 g/mol. The molecule has 0 heterocycles. The number of rotatable bonds is 14. The van der Waals surface area contributed by atoms with Gasteiger partial charge in [0.25, 0.3) is 5.91 Å². The molecule has 10 heteroatoms. The van der Waals surface area contributed by atoms with Crippen molar-refractivity contribution < 1.29 is 38.5 Å². The van der Waals surface area contributed by atoms with Crippen LogP contribution in [0.1, 0.15) is 49.9 Å². The third kappa shape index (κ3) is 11.1. The molecular formula is C27H34N2O8. The lowest BCUT2D eigenvalue weighted by Crippen LogP contribution is -2.38. The fourth-order valence-corrected chi connectivity index (χ4v) is 3.65. The highest BCUT2D eigenvalue weighted by Gasteiger charge is 2.21. The van der Waals surface area contributed by atoms with Gasteiger partial charge in [-0.3, -0.25) is 14.4 Å². The standard InChI is InChI=1S/C27H34N2O8/c1-18(30)29-21(13-15-25(32)27(34)35-3)12-14-24(36-19(2)31)17-28-26(33)20-8-7-11-23(16-20)37-22-9-5-4-6-10-22/h4-11,16,21,24-25,32H,12-15,17H2,1-3H3,(H,28,33)(H,29,30). The summed E-state index contributed by atoms with van der Waals surface area (Å²) in [5.74, 6) is -0.747. The Hall–Kier alpha value is -3.92. The summed E-state index contributed by atoms with van der Waals surface area (Å²) in [6.07, 6.45) is -0.826. The summed E-state index contributed by atoms with van der Waals surface area (Å²) in [5.41, 5.74) is 0.378. The molecule has 2 rings (SSSR count). The minimum atomic E-state index is -1.30. The molecule has 200 valence electrons. The summed E-state index contributed by atoms with van der Waals surface area (Å²) in [5, 5.41) is 15.4. The monoisotopic (exact) mass is 514 g/mol. The lowest BCUT2D eigenvalue weighted by molar-refractivity contribution is -0.151. The first kappa shape index (κ1) is 29.3. The fraction of sp³-hybridized carbons (Fsp3) is 0.407. The predicted molar refractivity (Wildman–Crippen MR) is 135 cm³/mol. The maximum absolute atomic E-state index is 12.8. The Kier molecular flexibility index (Phi) is 12.1. The molecule has 0 aromatic heterocycles. The van der Waals surface area contributed by atoms with E-state index >= 15 is 0 Å². The maximum Gasteiger partial charge on any atom is 0.334 e. The van der Waals surface area contributed by atoms with Gasteiger partial charge in [0.1, 0.15) is 17.6 Å². The first-order chi connectivity index (χ1) is 17.7. The lowest BCUT2D eigenvalue weighted by Gasteiger charge is -2.23. The predicted octanol–water partition coefficient (Wildman–Crippen LogP) is 2.74.